The Morgan fingerprint density at radius 2 is 1.15 bits per heavy atom. The number of rotatable bonds is 4. The Morgan fingerprint density at radius 3 is 1.77 bits per heavy atom. The van der Waals surface area contributed by atoms with Crippen LogP contribution in [-0.2, 0) is 6.54 Å². The van der Waals surface area contributed by atoms with Crippen LogP contribution in [0.4, 0.5) is 11.4 Å². The summed E-state index contributed by atoms with van der Waals surface area (Å²) in [7, 11) is 0. The van der Waals surface area contributed by atoms with Crippen LogP contribution in [-0.4, -0.2) is 17.7 Å². The molecule has 0 saturated carbocycles. The zero-order valence-corrected chi connectivity index (χ0v) is 21.8. The lowest BCUT2D eigenvalue weighted by Gasteiger charge is -2.17. The summed E-state index contributed by atoms with van der Waals surface area (Å²) in [4.78, 5) is 41.8. The summed E-state index contributed by atoms with van der Waals surface area (Å²) in [6.07, 6.45) is 0. The van der Waals surface area contributed by atoms with Crippen LogP contribution in [0.1, 0.15) is 61.6 Å². The van der Waals surface area contributed by atoms with Gasteiger partial charge in [-0.3, -0.25) is 14.4 Å². The number of hydrogen-bond donors (Lipinski definition) is 0. The van der Waals surface area contributed by atoms with Crippen molar-refractivity contribution in [1.29, 1.82) is 0 Å². The average molecular weight is 523 g/mol. The van der Waals surface area contributed by atoms with E-state index in [0.717, 1.165) is 21.7 Å². The van der Waals surface area contributed by atoms with Gasteiger partial charge in [0.25, 0.3) is 17.7 Å². The minimum Gasteiger partial charge on any atom is -0.457 e. The van der Waals surface area contributed by atoms with Gasteiger partial charge in [-0.2, -0.15) is 0 Å². The first-order valence-electron chi connectivity index (χ1n) is 12.7. The third kappa shape index (κ3) is 4.28. The van der Waals surface area contributed by atoms with Crippen molar-refractivity contribution in [3.63, 3.8) is 0 Å². The van der Waals surface area contributed by atoms with Crippen LogP contribution in [0.5, 0.6) is 11.5 Å². The summed E-state index contributed by atoms with van der Waals surface area (Å²) in [5, 5.41) is 0. The molecule has 3 amide bonds. The molecule has 2 heterocycles. The van der Waals surface area contributed by atoms with Crippen molar-refractivity contribution in [3.8, 4) is 35.2 Å². The van der Waals surface area contributed by atoms with E-state index in [9.17, 15) is 14.4 Å². The Bertz CT molecular complexity index is 1830. The van der Waals surface area contributed by atoms with Crippen molar-refractivity contribution in [2.24, 2.45) is 0 Å². The smallest absolute Gasteiger partial charge is 0.266 e. The van der Waals surface area contributed by atoms with Crippen LogP contribution in [0.25, 0.3) is 0 Å². The third-order valence-corrected chi connectivity index (χ3v) is 6.81. The van der Waals surface area contributed by atoms with E-state index in [4.69, 9.17) is 4.74 Å². The number of fused-ring (bicyclic) bond motifs is 2. The summed E-state index contributed by atoms with van der Waals surface area (Å²) >= 11 is 0. The maximum absolute atomic E-state index is 13.0. The molecule has 192 valence electrons. The second-order valence-corrected chi connectivity index (χ2v) is 9.31. The number of carbonyl (C=O) groups is 3. The Hall–Kier alpha value is -5.59. The fraction of sp³-hybridized carbons (Fsp3) is 0.0882. The molecule has 0 spiro atoms. The van der Waals surface area contributed by atoms with Crippen LogP contribution in [0.15, 0.2) is 84.9 Å². The molecule has 40 heavy (non-hydrogen) atoms. The lowest BCUT2D eigenvalue weighted by molar-refractivity contribution is 0.0924. The molecule has 4 aromatic carbocycles. The van der Waals surface area contributed by atoms with Gasteiger partial charge in [-0.1, -0.05) is 11.8 Å². The predicted molar refractivity (Wildman–Crippen MR) is 153 cm³/mol. The van der Waals surface area contributed by atoms with Crippen molar-refractivity contribution >= 4 is 29.1 Å². The van der Waals surface area contributed by atoms with Gasteiger partial charge in [0, 0.05) is 22.4 Å². The van der Waals surface area contributed by atoms with E-state index < -0.39 is 0 Å². The first-order chi connectivity index (χ1) is 19.5. The van der Waals surface area contributed by atoms with Crippen LogP contribution >= 0.6 is 0 Å². The van der Waals surface area contributed by atoms with Gasteiger partial charge in [-0.15, -0.1) is 11.8 Å². The Labute approximate surface area is 231 Å². The van der Waals surface area contributed by atoms with Crippen LogP contribution < -0.4 is 14.5 Å². The third-order valence-electron chi connectivity index (χ3n) is 6.81. The topological polar surface area (TPSA) is 66.9 Å². The SMILES string of the molecule is CC#Cc1ccc2c(c1)CN(c1ccc(Oc3ccc(N4C(=O)c5ccc(C#CC)cc5C4=O)cc3)cc1)C2=O. The lowest BCUT2D eigenvalue weighted by Crippen LogP contribution is -2.29. The van der Waals surface area contributed by atoms with Gasteiger partial charge in [0.2, 0.25) is 0 Å². The highest BCUT2D eigenvalue weighted by atomic mass is 16.5. The van der Waals surface area contributed by atoms with Gasteiger partial charge in [-0.05, 0) is 104 Å². The molecule has 6 nitrogen and oxygen atoms in total. The molecular formula is C34H22N2O4. The molecule has 0 radical (unpaired) electrons. The average Bonchev–Trinajstić information content (AvgIpc) is 3.42. The van der Waals surface area contributed by atoms with Gasteiger partial charge < -0.3 is 9.64 Å². The van der Waals surface area contributed by atoms with E-state index in [2.05, 4.69) is 23.7 Å². The number of benzene rings is 4. The summed E-state index contributed by atoms with van der Waals surface area (Å²) < 4.78 is 5.98. The molecule has 0 bridgehead atoms. The summed E-state index contributed by atoms with van der Waals surface area (Å²) in [6, 6.07) is 24.7. The Kier molecular flexibility index (Phi) is 6.15. The van der Waals surface area contributed by atoms with Gasteiger partial charge in [0.15, 0.2) is 0 Å². The van der Waals surface area contributed by atoms with Crippen molar-refractivity contribution < 1.29 is 19.1 Å². The largest absolute Gasteiger partial charge is 0.457 e. The highest BCUT2D eigenvalue weighted by Gasteiger charge is 2.36. The number of imide groups is 1. The minimum atomic E-state index is -0.378. The number of ether oxygens (including phenoxy) is 1. The molecule has 0 aromatic heterocycles. The predicted octanol–water partition coefficient (Wildman–Crippen LogP) is 6.18. The molecule has 0 unspecified atom stereocenters. The van der Waals surface area contributed by atoms with Gasteiger partial charge in [0.05, 0.1) is 23.4 Å². The maximum atomic E-state index is 13.0. The molecule has 0 atom stereocenters. The molecule has 0 N–H and O–H groups in total. The van der Waals surface area contributed by atoms with E-state index in [1.54, 1.807) is 73.3 Å². The first kappa shape index (κ1) is 24.7. The molecule has 2 aliphatic rings. The zero-order valence-electron chi connectivity index (χ0n) is 21.8. The molecule has 0 fully saturated rings. The van der Waals surface area contributed by atoms with Crippen molar-refractivity contribution in [1.82, 2.24) is 0 Å². The fourth-order valence-corrected chi connectivity index (χ4v) is 4.94. The van der Waals surface area contributed by atoms with Crippen LogP contribution in [0.2, 0.25) is 0 Å². The second kappa shape index (κ2) is 9.94. The van der Waals surface area contributed by atoms with Gasteiger partial charge in [-0.25, -0.2) is 4.90 Å². The van der Waals surface area contributed by atoms with Crippen molar-refractivity contribution in [3.05, 3.63) is 118 Å². The molecule has 0 saturated heterocycles. The van der Waals surface area contributed by atoms with Crippen molar-refractivity contribution in [2.45, 2.75) is 20.4 Å². The monoisotopic (exact) mass is 522 g/mol. The summed E-state index contributed by atoms with van der Waals surface area (Å²) in [6.45, 7) is 3.99. The summed E-state index contributed by atoms with van der Waals surface area (Å²) in [5.41, 5.74) is 5.16. The van der Waals surface area contributed by atoms with Crippen molar-refractivity contribution in [2.75, 3.05) is 9.80 Å². The van der Waals surface area contributed by atoms with Gasteiger partial charge in [0.1, 0.15) is 11.5 Å². The highest BCUT2D eigenvalue weighted by Crippen LogP contribution is 2.33. The number of anilines is 2. The summed E-state index contributed by atoms with van der Waals surface area (Å²) in [5.74, 6) is 12.0. The zero-order chi connectivity index (χ0) is 27.8. The number of carbonyl (C=O) groups excluding carboxylic acids is 3. The van der Waals surface area contributed by atoms with Crippen LogP contribution in [0, 0.1) is 23.7 Å². The standard InChI is InChI=1S/C34H22N2O4/c1-3-5-22-7-17-29-24(19-22)21-35(32(29)37)25-9-13-27(14-10-25)40-28-15-11-26(12-16-28)36-33(38)30-18-8-23(6-4-2)20-31(30)34(36)39/h7-20H,21H2,1-2H3. The van der Waals surface area contributed by atoms with E-state index in [-0.39, 0.29) is 17.7 Å². The molecule has 6 heteroatoms. The first-order valence-corrected chi connectivity index (χ1v) is 12.7. The Morgan fingerprint density at radius 1 is 0.600 bits per heavy atom. The highest BCUT2D eigenvalue weighted by molar-refractivity contribution is 6.34. The second-order valence-electron chi connectivity index (χ2n) is 9.31. The van der Waals surface area contributed by atoms with Crippen LogP contribution in [0.3, 0.4) is 0 Å². The number of amides is 3. The Balaban J connectivity index is 1.15. The maximum Gasteiger partial charge on any atom is 0.266 e. The normalized spacial score (nSPS) is 13.3. The van der Waals surface area contributed by atoms with E-state index >= 15 is 0 Å². The minimum absolute atomic E-state index is 0.0436. The molecule has 6 rings (SSSR count). The number of hydrogen-bond acceptors (Lipinski definition) is 4. The lowest BCUT2D eigenvalue weighted by atomic mass is 10.1. The van der Waals surface area contributed by atoms with E-state index in [1.165, 1.54) is 0 Å². The number of nitrogens with zero attached hydrogens (tertiary/aromatic N) is 2. The quantitative estimate of drug-likeness (QED) is 0.237. The molecule has 0 aliphatic carbocycles. The van der Waals surface area contributed by atoms with E-state index in [1.807, 2.05) is 30.3 Å². The molecular weight excluding hydrogens is 500 g/mol. The fourth-order valence-electron chi connectivity index (χ4n) is 4.94. The molecule has 2 aliphatic heterocycles. The van der Waals surface area contributed by atoms with E-state index in [0.29, 0.717) is 46.0 Å². The molecule has 4 aromatic rings. The van der Waals surface area contributed by atoms with Gasteiger partial charge >= 0.3 is 0 Å².